The fourth-order valence-electron chi connectivity index (χ4n) is 4.03. The van der Waals surface area contributed by atoms with Gasteiger partial charge in [0.15, 0.2) is 0 Å². The van der Waals surface area contributed by atoms with E-state index in [2.05, 4.69) is 53.5 Å². The molecule has 1 spiro atoms. The van der Waals surface area contributed by atoms with Crippen LogP contribution in [0, 0.1) is 0 Å². The van der Waals surface area contributed by atoms with Crippen LogP contribution in [-0.2, 0) is 5.54 Å². The molecule has 1 saturated heterocycles. The molecule has 1 aliphatic heterocycles. The summed E-state index contributed by atoms with van der Waals surface area (Å²) in [6.45, 7) is 5.39. The van der Waals surface area contributed by atoms with E-state index in [1.807, 2.05) is 0 Å². The van der Waals surface area contributed by atoms with E-state index in [0.717, 1.165) is 19.6 Å². The van der Waals surface area contributed by atoms with Gasteiger partial charge in [-0.15, -0.1) is 0 Å². The third-order valence-corrected chi connectivity index (χ3v) is 5.52. The number of hydrogen-bond acceptors (Lipinski definition) is 2. The van der Waals surface area contributed by atoms with E-state index in [1.54, 1.807) is 5.54 Å². The Labute approximate surface area is 133 Å². The molecule has 21 heavy (non-hydrogen) atoms. The Morgan fingerprint density at radius 1 is 1.24 bits per heavy atom. The average Bonchev–Trinajstić information content (AvgIpc) is 2.99. The highest BCUT2D eigenvalue weighted by Crippen LogP contribution is 2.40. The van der Waals surface area contributed by atoms with Crippen LogP contribution in [0.1, 0.15) is 38.2 Å². The summed E-state index contributed by atoms with van der Waals surface area (Å²) >= 11 is 5.78. The first-order valence-corrected chi connectivity index (χ1v) is 8.43. The molecule has 0 aromatic heterocycles. The molecule has 114 valence electrons. The number of benzene rings is 1. The third kappa shape index (κ3) is 2.90. The molecule has 3 heteroatoms. The number of hydrogen-bond donors (Lipinski definition) is 1. The van der Waals surface area contributed by atoms with Crippen LogP contribution in [0.3, 0.4) is 0 Å². The van der Waals surface area contributed by atoms with Gasteiger partial charge in [0.1, 0.15) is 0 Å². The fourth-order valence-corrected chi connectivity index (χ4v) is 4.11. The quantitative estimate of drug-likeness (QED) is 0.912. The topological polar surface area (TPSA) is 15.3 Å². The molecular weight excluding hydrogens is 280 g/mol. The van der Waals surface area contributed by atoms with Gasteiger partial charge in [0.2, 0.25) is 0 Å². The monoisotopic (exact) mass is 304 g/mol. The summed E-state index contributed by atoms with van der Waals surface area (Å²) in [7, 11) is 0. The summed E-state index contributed by atoms with van der Waals surface area (Å²) in [5.41, 5.74) is 3.39. The maximum atomic E-state index is 5.78. The first-order chi connectivity index (χ1) is 10.2. The highest BCUT2D eigenvalue weighted by Gasteiger charge is 2.46. The SMILES string of the molecule is CC1(c2ccccc2)CN(C/C=C/Cl)C2(CCCC2)CN1. The van der Waals surface area contributed by atoms with Gasteiger partial charge < -0.3 is 5.32 Å². The van der Waals surface area contributed by atoms with Crippen LogP contribution >= 0.6 is 11.6 Å². The zero-order valence-electron chi connectivity index (χ0n) is 12.8. The Bertz CT molecular complexity index is 493. The minimum Gasteiger partial charge on any atom is -0.305 e. The van der Waals surface area contributed by atoms with Crippen molar-refractivity contribution in [3.63, 3.8) is 0 Å². The third-order valence-electron chi connectivity index (χ3n) is 5.35. The zero-order valence-corrected chi connectivity index (χ0v) is 13.6. The Morgan fingerprint density at radius 2 is 1.95 bits per heavy atom. The lowest BCUT2D eigenvalue weighted by molar-refractivity contribution is 0.0214. The zero-order chi connectivity index (χ0) is 14.8. The van der Waals surface area contributed by atoms with Crippen molar-refractivity contribution >= 4 is 11.6 Å². The minimum absolute atomic E-state index is 0.0231. The van der Waals surface area contributed by atoms with Crippen molar-refractivity contribution in [3.05, 3.63) is 47.5 Å². The Hall–Kier alpha value is -0.830. The summed E-state index contributed by atoms with van der Waals surface area (Å²) in [4.78, 5) is 2.66. The first kappa shape index (κ1) is 15.1. The molecule has 1 atom stereocenters. The Balaban J connectivity index is 1.85. The molecule has 1 heterocycles. The summed E-state index contributed by atoms with van der Waals surface area (Å²) in [6, 6.07) is 10.8. The second kappa shape index (κ2) is 6.12. The Morgan fingerprint density at radius 3 is 2.62 bits per heavy atom. The van der Waals surface area contributed by atoms with Crippen LogP contribution in [0.4, 0.5) is 0 Å². The van der Waals surface area contributed by atoms with Crippen LogP contribution in [-0.4, -0.2) is 30.1 Å². The molecule has 1 aromatic rings. The van der Waals surface area contributed by atoms with Crippen molar-refractivity contribution in [2.75, 3.05) is 19.6 Å². The number of nitrogens with one attached hydrogen (secondary N) is 1. The minimum atomic E-state index is 0.0231. The average molecular weight is 305 g/mol. The van der Waals surface area contributed by atoms with Crippen LogP contribution in [0.25, 0.3) is 0 Å². The summed E-state index contributed by atoms with van der Waals surface area (Å²) in [5, 5.41) is 3.85. The second-order valence-corrected chi connectivity index (χ2v) is 6.98. The number of nitrogens with zero attached hydrogens (tertiary/aromatic N) is 1. The largest absolute Gasteiger partial charge is 0.305 e. The van der Waals surface area contributed by atoms with Gasteiger partial charge in [-0.2, -0.15) is 0 Å². The van der Waals surface area contributed by atoms with E-state index < -0.39 is 0 Å². The Kier molecular flexibility index (Phi) is 4.39. The van der Waals surface area contributed by atoms with Crippen LogP contribution in [0.2, 0.25) is 0 Å². The van der Waals surface area contributed by atoms with E-state index in [1.165, 1.54) is 31.2 Å². The molecule has 2 aliphatic rings. The normalized spacial score (nSPS) is 29.4. The van der Waals surface area contributed by atoms with Crippen LogP contribution in [0.15, 0.2) is 41.9 Å². The molecule has 3 rings (SSSR count). The molecule has 1 N–H and O–H groups in total. The molecule has 0 radical (unpaired) electrons. The highest BCUT2D eigenvalue weighted by molar-refractivity contribution is 6.25. The molecular formula is C18H25ClN2. The first-order valence-electron chi connectivity index (χ1n) is 7.99. The molecule has 1 aliphatic carbocycles. The molecule has 1 aromatic carbocycles. The maximum Gasteiger partial charge on any atom is 0.0535 e. The molecule has 0 amide bonds. The predicted octanol–water partition coefficient (Wildman–Crippen LogP) is 3.87. The number of halogens is 1. The van der Waals surface area contributed by atoms with Gasteiger partial charge in [-0.05, 0) is 25.3 Å². The molecule has 1 saturated carbocycles. The molecule has 1 unspecified atom stereocenters. The maximum absolute atomic E-state index is 5.78. The van der Waals surface area contributed by atoms with E-state index in [-0.39, 0.29) is 5.54 Å². The summed E-state index contributed by atoms with van der Waals surface area (Å²) < 4.78 is 0. The van der Waals surface area contributed by atoms with Crippen molar-refractivity contribution < 1.29 is 0 Å². The predicted molar refractivity (Wildman–Crippen MR) is 89.6 cm³/mol. The van der Waals surface area contributed by atoms with Gasteiger partial charge in [0, 0.05) is 30.7 Å². The van der Waals surface area contributed by atoms with Crippen molar-refractivity contribution in [1.29, 1.82) is 0 Å². The van der Waals surface area contributed by atoms with Crippen LogP contribution in [0.5, 0.6) is 0 Å². The number of rotatable bonds is 3. The van der Waals surface area contributed by atoms with Gasteiger partial charge in [0.25, 0.3) is 0 Å². The van der Waals surface area contributed by atoms with Gasteiger partial charge in [-0.3, -0.25) is 4.90 Å². The molecule has 2 nitrogen and oxygen atoms in total. The van der Waals surface area contributed by atoms with Gasteiger partial charge in [0.05, 0.1) is 5.54 Å². The lowest BCUT2D eigenvalue weighted by atomic mass is 9.82. The highest BCUT2D eigenvalue weighted by atomic mass is 35.5. The van der Waals surface area contributed by atoms with E-state index in [0.29, 0.717) is 5.54 Å². The standard InChI is InChI=1S/C18H25ClN2/c1-17(16-8-3-2-4-9-16)15-21(13-7-12-19)18(14-20-17)10-5-6-11-18/h2-4,7-9,12,20H,5-6,10-11,13-15H2,1H3/b12-7+. The lowest BCUT2D eigenvalue weighted by Crippen LogP contribution is -2.66. The van der Waals surface area contributed by atoms with Crippen LogP contribution < -0.4 is 5.32 Å². The van der Waals surface area contributed by atoms with Crippen molar-refractivity contribution in [3.8, 4) is 0 Å². The molecule has 2 fully saturated rings. The van der Waals surface area contributed by atoms with Crippen molar-refractivity contribution in [2.45, 2.75) is 43.7 Å². The van der Waals surface area contributed by atoms with Crippen molar-refractivity contribution in [2.24, 2.45) is 0 Å². The number of piperazine rings is 1. The smallest absolute Gasteiger partial charge is 0.0535 e. The van der Waals surface area contributed by atoms with Crippen molar-refractivity contribution in [1.82, 2.24) is 10.2 Å². The second-order valence-electron chi connectivity index (χ2n) is 6.73. The van der Waals surface area contributed by atoms with Gasteiger partial charge >= 0.3 is 0 Å². The van der Waals surface area contributed by atoms with E-state index in [4.69, 9.17) is 11.6 Å². The fraction of sp³-hybridized carbons (Fsp3) is 0.556. The lowest BCUT2D eigenvalue weighted by Gasteiger charge is -2.52. The van der Waals surface area contributed by atoms with Gasteiger partial charge in [-0.25, -0.2) is 0 Å². The van der Waals surface area contributed by atoms with E-state index >= 15 is 0 Å². The molecule has 0 bridgehead atoms. The van der Waals surface area contributed by atoms with E-state index in [9.17, 15) is 0 Å². The summed E-state index contributed by atoms with van der Waals surface area (Å²) in [6.07, 6.45) is 7.40. The van der Waals surface area contributed by atoms with Gasteiger partial charge in [-0.1, -0.05) is 60.9 Å². The summed E-state index contributed by atoms with van der Waals surface area (Å²) in [5.74, 6) is 0.